The Morgan fingerprint density at radius 2 is 2.14 bits per heavy atom. The van der Waals surface area contributed by atoms with Crippen molar-refractivity contribution in [3.8, 4) is 5.88 Å². The van der Waals surface area contributed by atoms with Gasteiger partial charge in [-0.1, -0.05) is 28.3 Å². The molecule has 154 valence electrons. The summed E-state index contributed by atoms with van der Waals surface area (Å²) in [5.74, 6) is 0.709. The van der Waals surface area contributed by atoms with Gasteiger partial charge in [-0.15, -0.1) is 15.3 Å². The molecule has 3 rings (SSSR count). The van der Waals surface area contributed by atoms with Gasteiger partial charge in [0.1, 0.15) is 11.3 Å². The first kappa shape index (κ1) is 20.8. The normalized spacial score (nSPS) is 10.7. The number of nitrogens with zero attached hydrogens (tertiary/aromatic N) is 5. The number of ether oxygens (including phenoxy) is 1. The molecular weight excluding hydrogens is 418 g/mol. The van der Waals surface area contributed by atoms with Crippen molar-refractivity contribution in [2.45, 2.75) is 31.7 Å². The van der Waals surface area contributed by atoms with Crippen LogP contribution in [0, 0.1) is 6.92 Å². The van der Waals surface area contributed by atoms with Gasteiger partial charge in [0.25, 0.3) is 5.91 Å². The van der Waals surface area contributed by atoms with Crippen LogP contribution in [0.25, 0.3) is 0 Å². The van der Waals surface area contributed by atoms with Crippen molar-refractivity contribution < 1.29 is 18.8 Å². The van der Waals surface area contributed by atoms with E-state index in [0.717, 1.165) is 0 Å². The largest absolute Gasteiger partial charge is 0.476 e. The number of rotatable bonds is 9. The predicted molar refractivity (Wildman–Crippen MR) is 108 cm³/mol. The highest BCUT2D eigenvalue weighted by molar-refractivity contribution is 8.01. The molecule has 0 fully saturated rings. The fourth-order valence-electron chi connectivity index (χ4n) is 2.18. The van der Waals surface area contributed by atoms with Crippen molar-refractivity contribution >= 4 is 45.9 Å². The van der Waals surface area contributed by atoms with Crippen molar-refractivity contribution in [1.82, 2.24) is 25.1 Å². The van der Waals surface area contributed by atoms with E-state index in [9.17, 15) is 9.59 Å². The Morgan fingerprint density at radius 1 is 1.31 bits per heavy atom. The Balaban J connectivity index is 1.55. The third-order valence-electron chi connectivity index (χ3n) is 3.43. The van der Waals surface area contributed by atoms with E-state index in [4.69, 9.17) is 9.26 Å². The second-order valence-electron chi connectivity index (χ2n) is 5.62. The number of amides is 2. The smallest absolute Gasteiger partial charge is 0.264 e. The van der Waals surface area contributed by atoms with Gasteiger partial charge in [-0.05, 0) is 20.8 Å². The third-order valence-corrected chi connectivity index (χ3v) is 5.40. The second-order valence-corrected chi connectivity index (χ2v) is 7.82. The zero-order chi connectivity index (χ0) is 20.8. The molecule has 0 bridgehead atoms. The number of hydrogen-bond acceptors (Lipinski definition) is 10. The van der Waals surface area contributed by atoms with Crippen molar-refractivity contribution in [2.75, 3.05) is 23.0 Å². The summed E-state index contributed by atoms with van der Waals surface area (Å²) in [6.07, 6.45) is 1.62. The fraction of sp³-hybridized carbons (Fsp3) is 0.375. The van der Waals surface area contributed by atoms with Crippen LogP contribution in [0.1, 0.15) is 30.0 Å². The topological polar surface area (TPSA) is 137 Å². The third kappa shape index (κ3) is 5.54. The van der Waals surface area contributed by atoms with Crippen molar-refractivity contribution in [1.29, 1.82) is 0 Å². The highest BCUT2D eigenvalue weighted by Gasteiger charge is 2.19. The maximum Gasteiger partial charge on any atom is 0.264 e. The first-order chi connectivity index (χ1) is 14.0. The molecule has 0 aliphatic heterocycles. The molecular formula is C16H19N7O4S2. The van der Waals surface area contributed by atoms with Crippen LogP contribution >= 0.6 is 23.1 Å². The van der Waals surface area contributed by atoms with Crippen molar-refractivity contribution in [3.63, 3.8) is 0 Å². The number of hydrogen-bond donors (Lipinski definition) is 2. The Labute approximate surface area is 174 Å². The average Bonchev–Trinajstić information content (AvgIpc) is 3.41. The van der Waals surface area contributed by atoms with Crippen molar-refractivity contribution in [2.24, 2.45) is 0 Å². The predicted octanol–water partition coefficient (Wildman–Crippen LogP) is 2.43. The Hall–Kier alpha value is -2.93. The van der Waals surface area contributed by atoms with Crippen LogP contribution in [0.2, 0.25) is 0 Å². The summed E-state index contributed by atoms with van der Waals surface area (Å²) < 4.78 is 12.5. The number of thioether (sulfide) groups is 1. The van der Waals surface area contributed by atoms with Crippen LogP contribution < -0.4 is 15.4 Å². The summed E-state index contributed by atoms with van der Waals surface area (Å²) in [6.45, 7) is 6.48. The summed E-state index contributed by atoms with van der Waals surface area (Å²) in [6, 6.07) is 1.62. The van der Waals surface area contributed by atoms with E-state index in [1.165, 1.54) is 23.1 Å². The summed E-state index contributed by atoms with van der Waals surface area (Å²) in [5.41, 5.74) is 0.320. The number of nitrogens with one attached hydrogen (secondary N) is 2. The van der Waals surface area contributed by atoms with Crippen LogP contribution in [0.15, 0.2) is 21.1 Å². The lowest BCUT2D eigenvalue weighted by molar-refractivity contribution is -0.113. The maximum absolute atomic E-state index is 12.5. The summed E-state index contributed by atoms with van der Waals surface area (Å²) in [7, 11) is 0. The number of anilines is 2. The molecule has 11 nitrogen and oxygen atoms in total. The number of aryl methyl sites for hydroxylation is 2. The highest BCUT2D eigenvalue weighted by Crippen LogP contribution is 2.26. The van der Waals surface area contributed by atoms with Gasteiger partial charge in [0, 0.05) is 18.8 Å². The molecule has 13 heteroatoms. The lowest BCUT2D eigenvalue weighted by Crippen LogP contribution is -2.14. The van der Waals surface area contributed by atoms with Gasteiger partial charge in [-0.2, -0.15) is 0 Å². The molecule has 3 heterocycles. The first-order valence-electron chi connectivity index (χ1n) is 8.69. The lowest BCUT2D eigenvalue weighted by Gasteiger charge is -2.02. The number of carbonyl (C=O) groups excluding carboxylic acids is 2. The van der Waals surface area contributed by atoms with E-state index >= 15 is 0 Å². The molecule has 0 aliphatic carbocycles. The van der Waals surface area contributed by atoms with Gasteiger partial charge in [-0.25, -0.2) is 0 Å². The van der Waals surface area contributed by atoms with E-state index in [0.29, 0.717) is 39.8 Å². The van der Waals surface area contributed by atoms with Gasteiger partial charge < -0.3 is 14.6 Å². The monoisotopic (exact) mass is 437 g/mol. The van der Waals surface area contributed by atoms with Crippen molar-refractivity contribution in [3.05, 3.63) is 23.6 Å². The van der Waals surface area contributed by atoms with Gasteiger partial charge >= 0.3 is 0 Å². The van der Waals surface area contributed by atoms with E-state index in [2.05, 4.69) is 31.1 Å². The van der Waals surface area contributed by atoms with E-state index in [1.807, 2.05) is 13.8 Å². The summed E-state index contributed by atoms with van der Waals surface area (Å²) in [5, 5.41) is 21.4. The zero-order valence-electron chi connectivity index (χ0n) is 16.0. The molecule has 29 heavy (non-hydrogen) atoms. The average molecular weight is 438 g/mol. The molecule has 0 saturated carbocycles. The molecule has 0 spiro atoms. The van der Waals surface area contributed by atoms with Crippen LogP contribution in [-0.2, 0) is 11.3 Å². The summed E-state index contributed by atoms with van der Waals surface area (Å²) in [4.78, 5) is 24.5. The molecule has 0 aromatic carbocycles. The Kier molecular flexibility index (Phi) is 6.82. The number of aromatic nitrogens is 5. The summed E-state index contributed by atoms with van der Waals surface area (Å²) >= 11 is 2.37. The zero-order valence-corrected chi connectivity index (χ0v) is 17.6. The van der Waals surface area contributed by atoms with E-state index < -0.39 is 0 Å². The van der Waals surface area contributed by atoms with E-state index in [1.54, 1.807) is 23.9 Å². The molecule has 3 aromatic rings. The molecule has 0 aliphatic rings. The molecule has 0 radical (unpaired) electrons. The Bertz CT molecular complexity index is 997. The fourth-order valence-corrected chi connectivity index (χ4v) is 3.73. The SMILES string of the molecule is CCOc1nn(CC)cc1C(=O)Nc1nnc(SCC(=O)Nc2cc(C)on2)s1. The van der Waals surface area contributed by atoms with Gasteiger partial charge in [0.2, 0.25) is 16.9 Å². The molecule has 0 saturated heterocycles. The standard InChI is InChI=1S/C16H19N7O4S2/c1-4-23-7-10(14(21-23)26-5-2)13(25)18-15-19-20-16(29-15)28-8-12(24)17-11-6-9(3)27-22-11/h6-7H,4-5,8H2,1-3H3,(H,17,22,24)(H,18,19,25). The minimum atomic E-state index is -0.389. The molecule has 2 N–H and O–H groups in total. The molecule has 3 aromatic heterocycles. The van der Waals surface area contributed by atoms with Gasteiger partial charge in [-0.3, -0.25) is 19.6 Å². The second kappa shape index (κ2) is 9.52. The lowest BCUT2D eigenvalue weighted by atomic mass is 10.3. The van der Waals surface area contributed by atoms with Crippen LogP contribution in [0.5, 0.6) is 5.88 Å². The number of carbonyl (C=O) groups is 2. The van der Waals surface area contributed by atoms with Crippen LogP contribution in [0.3, 0.4) is 0 Å². The van der Waals surface area contributed by atoms with Gasteiger partial charge in [0.05, 0.1) is 12.4 Å². The molecule has 2 amide bonds. The maximum atomic E-state index is 12.5. The minimum absolute atomic E-state index is 0.117. The van der Waals surface area contributed by atoms with Crippen LogP contribution in [-0.4, -0.2) is 49.3 Å². The highest BCUT2D eigenvalue weighted by atomic mass is 32.2. The van der Waals surface area contributed by atoms with Gasteiger partial charge in [0.15, 0.2) is 10.2 Å². The quantitative estimate of drug-likeness (QED) is 0.382. The Morgan fingerprint density at radius 3 is 2.83 bits per heavy atom. The first-order valence-corrected chi connectivity index (χ1v) is 10.5. The molecule has 0 atom stereocenters. The molecule has 0 unspecified atom stereocenters. The van der Waals surface area contributed by atoms with E-state index in [-0.39, 0.29) is 23.4 Å². The van der Waals surface area contributed by atoms with Crippen LogP contribution in [0.4, 0.5) is 10.9 Å². The minimum Gasteiger partial charge on any atom is -0.476 e.